The Labute approximate surface area is 93.6 Å². The van der Waals surface area contributed by atoms with Crippen LogP contribution in [0.2, 0.25) is 19.6 Å². The molecule has 0 heterocycles. The largest absolute Gasteiger partial charge is 0.544 e. The van der Waals surface area contributed by atoms with Gasteiger partial charge in [0.15, 0.2) is 0 Å². The molecule has 84 valence electrons. The van der Waals surface area contributed by atoms with Crippen molar-refractivity contribution in [2.24, 2.45) is 0 Å². The predicted molar refractivity (Wildman–Crippen MR) is 68.9 cm³/mol. The van der Waals surface area contributed by atoms with Crippen molar-refractivity contribution in [1.29, 1.82) is 0 Å². The van der Waals surface area contributed by atoms with Crippen molar-refractivity contribution in [2.45, 2.75) is 39.4 Å². The molecule has 0 atom stereocenters. The van der Waals surface area contributed by atoms with Crippen LogP contribution >= 0.6 is 0 Å². The van der Waals surface area contributed by atoms with Crippen LogP contribution in [0.25, 0.3) is 0 Å². The summed E-state index contributed by atoms with van der Waals surface area (Å²) in [5, 5.41) is 0. The molecule has 3 heteroatoms. The van der Waals surface area contributed by atoms with E-state index >= 15 is 0 Å². The SMILES string of the molecule is CC(C)c1cc(N)ccc1O[Si](C)(C)C. The van der Waals surface area contributed by atoms with Gasteiger partial charge >= 0.3 is 0 Å². The van der Waals surface area contributed by atoms with Gasteiger partial charge < -0.3 is 10.2 Å². The first-order valence-electron chi connectivity index (χ1n) is 5.38. The van der Waals surface area contributed by atoms with Crippen LogP contribution in [0, 0.1) is 0 Å². The minimum Gasteiger partial charge on any atom is -0.544 e. The maximum Gasteiger partial charge on any atom is 0.242 e. The highest BCUT2D eigenvalue weighted by atomic mass is 28.4. The van der Waals surface area contributed by atoms with Crippen molar-refractivity contribution in [2.75, 3.05) is 5.73 Å². The van der Waals surface area contributed by atoms with Crippen molar-refractivity contribution in [3.63, 3.8) is 0 Å². The van der Waals surface area contributed by atoms with Crippen molar-refractivity contribution in [3.05, 3.63) is 23.8 Å². The second kappa shape index (κ2) is 4.27. The first kappa shape index (κ1) is 12.1. The highest BCUT2D eigenvalue weighted by Gasteiger charge is 2.19. The fraction of sp³-hybridized carbons (Fsp3) is 0.500. The molecule has 1 aromatic carbocycles. The Morgan fingerprint density at radius 2 is 1.80 bits per heavy atom. The Kier molecular flexibility index (Phi) is 3.45. The lowest BCUT2D eigenvalue weighted by molar-refractivity contribution is 0.544. The van der Waals surface area contributed by atoms with Gasteiger partial charge in [-0.1, -0.05) is 13.8 Å². The molecule has 0 unspecified atom stereocenters. The molecule has 0 bridgehead atoms. The molecule has 2 nitrogen and oxygen atoms in total. The fourth-order valence-electron chi connectivity index (χ4n) is 1.44. The van der Waals surface area contributed by atoms with Gasteiger partial charge in [-0.2, -0.15) is 0 Å². The standard InChI is InChI=1S/C12H21NOSi/c1-9(2)11-8-10(13)6-7-12(11)14-15(3,4)5/h6-9H,13H2,1-5H3. The molecule has 0 radical (unpaired) electrons. The molecular weight excluding hydrogens is 202 g/mol. The zero-order valence-corrected chi connectivity index (χ0v) is 11.3. The van der Waals surface area contributed by atoms with Crippen LogP contribution < -0.4 is 10.2 Å². The van der Waals surface area contributed by atoms with E-state index < -0.39 is 8.32 Å². The highest BCUT2D eigenvalue weighted by Crippen LogP contribution is 2.30. The lowest BCUT2D eigenvalue weighted by Gasteiger charge is -2.23. The Hall–Kier alpha value is -0.963. The van der Waals surface area contributed by atoms with E-state index in [9.17, 15) is 0 Å². The number of benzene rings is 1. The van der Waals surface area contributed by atoms with Crippen LogP contribution in [0.3, 0.4) is 0 Å². The zero-order chi connectivity index (χ0) is 11.6. The maximum absolute atomic E-state index is 6.03. The van der Waals surface area contributed by atoms with E-state index in [1.54, 1.807) is 0 Å². The van der Waals surface area contributed by atoms with Gasteiger partial charge in [-0.3, -0.25) is 0 Å². The number of anilines is 1. The van der Waals surface area contributed by atoms with Crippen LogP contribution in [-0.4, -0.2) is 8.32 Å². The topological polar surface area (TPSA) is 35.2 Å². The average Bonchev–Trinajstić information content (AvgIpc) is 2.05. The summed E-state index contributed by atoms with van der Waals surface area (Å²) in [5.41, 5.74) is 7.80. The zero-order valence-electron chi connectivity index (χ0n) is 10.3. The van der Waals surface area contributed by atoms with Crippen molar-refractivity contribution >= 4 is 14.0 Å². The summed E-state index contributed by atoms with van der Waals surface area (Å²) in [6.07, 6.45) is 0. The van der Waals surface area contributed by atoms with E-state index in [4.69, 9.17) is 10.2 Å². The Morgan fingerprint density at radius 3 is 2.27 bits per heavy atom. The molecule has 2 N–H and O–H groups in total. The molecule has 0 saturated heterocycles. The van der Waals surface area contributed by atoms with Gasteiger partial charge in [0.1, 0.15) is 5.75 Å². The van der Waals surface area contributed by atoms with Gasteiger partial charge in [-0.05, 0) is 49.3 Å². The summed E-state index contributed by atoms with van der Waals surface area (Å²) in [5.74, 6) is 1.44. The molecule has 0 aromatic heterocycles. The number of nitrogen functional groups attached to an aromatic ring is 1. The lowest BCUT2D eigenvalue weighted by Crippen LogP contribution is -2.29. The van der Waals surface area contributed by atoms with Crippen molar-refractivity contribution in [1.82, 2.24) is 0 Å². The van der Waals surface area contributed by atoms with Crippen LogP contribution in [0.4, 0.5) is 5.69 Å². The maximum atomic E-state index is 6.03. The summed E-state index contributed by atoms with van der Waals surface area (Å²) >= 11 is 0. The molecule has 1 rings (SSSR count). The monoisotopic (exact) mass is 223 g/mol. The minimum absolute atomic E-state index is 0.444. The van der Waals surface area contributed by atoms with Gasteiger partial charge in [0.25, 0.3) is 0 Å². The fourth-order valence-corrected chi connectivity index (χ4v) is 2.29. The minimum atomic E-state index is -1.53. The van der Waals surface area contributed by atoms with Gasteiger partial charge in [0.2, 0.25) is 8.32 Å². The van der Waals surface area contributed by atoms with E-state index in [2.05, 4.69) is 33.5 Å². The lowest BCUT2D eigenvalue weighted by atomic mass is 10.0. The Balaban J connectivity index is 3.06. The van der Waals surface area contributed by atoms with Crippen LogP contribution in [-0.2, 0) is 0 Å². The first-order chi connectivity index (χ1) is 6.79. The summed E-state index contributed by atoms with van der Waals surface area (Å²) in [7, 11) is -1.53. The van der Waals surface area contributed by atoms with E-state index in [0.29, 0.717) is 5.92 Å². The first-order valence-corrected chi connectivity index (χ1v) is 8.79. The second-order valence-corrected chi connectivity index (χ2v) is 9.60. The molecule has 15 heavy (non-hydrogen) atoms. The quantitative estimate of drug-likeness (QED) is 0.627. The number of nitrogens with two attached hydrogens (primary N) is 1. The Morgan fingerprint density at radius 1 is 1.20 bits per heavy atom. The molecule has 1 aromatic rings. The van der Waals surface area contributed by atoms with Crippen LogP contribution in [0.15, 0.2) is 18.2 Å². The van der Waals surface area contributed by atoms with Gasteiger partial charge in [-0.25, -0.2) is 0 Å². The second-order valence-electron chi connectivity index (χ2n) is 5.17. The van der Waals surface area contributed by atoms with E-state index in [-0.39, 0.29) is 0 Å². The smallest absolute Gasteiger partial charge is 0.242 e. The average molecular weight is 223 g/mol. The molecule has 0 fully saturated rings. The molecule has 0 saturated carbocycles. The number of hydrogen-bond donors (Lipinski definition) is 1. The number of rotatable bonds is 3. The van der Waals surface area contributed by atoms with Gasteiger partial charge in [-0.15, -0.1) is 0 Å². The summed E-state index contributed by atoms with van der Waals surface area (Å²) in [6.45, 7) is 10.9. The Bertz CT molecular complexity index is 342. The summed E-state index contributed by atoms with van der Waals surface area (Å²) in [6, 6.07) is 5.91. The molecule has 0 aliphatic rings. The molecule has 0 amide bonds. The normalized spacial score (nSPS) is 11.9. The summed E-state index contributed by atoms with van der Waals surface area (Å²) < 4.78 is 6.03. The molecule has 0 aliphatic heterocycles. The van der Waals surface area contributed by atoms with Crippen LogP contribution in [0.5, 0.6) is 5.75 Å². The third-order valence-electron chi connectivity index (χ3n) is 2.07. The van der Waals surface area contributed by atoms with Crippen molar-refractivity contribution < 1.29 is 4.43 Å². The van der Waals surface area contributed by atoms with Crippen molar-refractivity contribution in [3.8, 4) is 5.75 Å². The molecule has 0 aliphatic carbocycles. The van der Waals surface area contributed by atoms with E-state index in [0.717, 1.165) is 11.4 Å². The predicted octanol–water partition coefficient (Wildman–Crippen LogP) is 3.61. The molecule has 0 spiro atoms. The van der Waals surface area contributed by atoms with E-state index in [1.807, 2.05) is 18.2 Å². The third kappa shape index (κ3) is 3.59. The third-order valence-corrected chi connectivity index (χ3v) is 2.90. The highest BCUT2D eigenvalue weighted by molar-refractivity contribution is 6.70. The van der Waals surface area contributed by atoms with Crippen LogP contribution in [0.1, 0.15) is 25.3 Å². The van der Waals surface area contributed by atoms with Gasteiger partial charge in [0.05, 0.1) is 0 Å². The van der Waals surface area contributed by atoms with E-state index in [1.165, 1.54) is 5.56 Å². The van der Waals surface area contributed by atoms with Gasteiger partial charge in [0, 0.05) is 5.69 Å². The number of hydrogen-bond acceptors (Lipinski definition) is 2. The summed E-state index contributed by atoms with van der Waals surface area (Å²) in [4.78, 5) is 0. The molecular formula is C12H21NOSi.